The maximum Gasteiger partial charge on any atom is 0.145 e. The smallest absolute Gasteiger partial charge is 0.145 e. The fourth-order valence-electron chi connectivity index (χ4n) is 1.37. The van der Waals surface area contributed by atoms with Crippen molar-refractivity contribution in [1.29, 1.82) is 0 Å². The Morgan fingerprint density at radius 2 is 2.09 bits per heavy atom. The predicted molar refractivity (Wildman–Crippen MR) is 50.7 cm³/mol. The van der Waals surface area contributed by atoms with Gasteiger partial charge in [-0.25, -0.2) is 0 Å². The molecule has 0 saturated carbocycles. The summed E-state index contributed by atoms with van der Waals surface area (Å²) in [5.74, 6) is 0.659. The highest BCUT2D eigenvalue weighted by Crippen LogP contribution is 2.15. The molecule has 0 spiro atoms. The highest BCUT2D eigenvalue weighted by Gasteiger charge is 2.21. The summed E-state index contributed by atoms with van der Waals surface area (Å²) in [6, 6.07) is 0. The van der Waals surface area contributed by atoms with E-state index in [1.54, 1.807) is 0 Å². The van der Waals surface area contributed by atoms with Gasteiger partial charge >= 0.3 is 0 Å². The Bertz CT molecular complexity index is 158. The second kappa shape index (κ2) is 3.20. The van der Waals surface area contributed by atoms with Gasteiger partial charge in [0.25, 0.3) is 0 Å². The SMILES string of the molecule is CBC(C)N1C=CN(C)[C@@H]1C. The third kappa shape index (κ3) is 1.52. The zero-order valence-corrected chi connectivity index (χ0v) is 7.91. The first-order valence-corrected chi connectivity index (χ1v) is 4.34. The Kier molecular flexibility index (Phi) is 2.47. The van der Waals surface area contributed by atoms with Crippen LogP contribution in [0.5, 0.6) is 0 Å². The summed E-state index contributed by atoms with van der Waals surface area (Å²) in [5.41, 5.74) is 0. The Morgan fingerprint density at radius 1 is 1.45 bits per heavy atom. The van der Waals surface area contributed by atoms with Crippen LogP contribution in [-0.2, 0) is 0 Å². The molecule has 0 aromatic carbocycles. The Balaban J connectivity index is 2.55. The van der Waals surface area contributed by atoms with Crippen LogP contribution in [-0.4, -0.2) is 36.2 Å². The lowest BCUT2D eigenvalue weighted by molar-refractivity contribution is 0.186. The van der Waals surface area contributed by atoms with Crippen molar-refractivity contribution in [3.63, 3.8) is 0 Å². The van der Waals surface area contributed by atoms with E-state index >= 15 is 0 Å². The number of hydrogen-bond acceptors (Lipinski definition) is 2. The molecule has 1 rings (SSSR count). The van der Waals surface area contributed by atoms with Gasteiger partial charge < -0.3 is 9.80 Å². The maximum absolute atomic E-state index is 2.39. The average molecular weight is 152 g/mol. The van der Waals surface area contributed by atoms with Crippen molar-refractivity contribution in [3.05, 3.63) is 12.4 Å². The molecule has 2 atom stereocenters. The van der Waals surface area contributed by atoms with Crippen molar-refractivity contribution in [2.24, 2.45) is 0 Å². The molecule has 1 aliphatic heterocycles. The van der Waals surface area contributed by atoms with Crippen molar-refractivity contribution in [1.82, 2.24) is 9.80 Å². The summed E-state index contributed by atoms with van der Waals surface area (Å²) in [7, 11) is 3.33. The molecule has 11 heavy (non-hydrogen) atoms. The van der Waals surface area contributed by atoms with Gasteiger partial charge in [0, 0.05) is 19.4 Å². The van der Waals surface area contributed by atoms with Crippen LogP contribution < -0.4 is 0 Å². The minimum absolute atomic E-state index is 0.532. The van der Waals surface area contributed by atoms with E-state index in [-0.39, 0.29) is 0 Å². The molecule has 0 N–H and O–H groups in total. The Morgan fingerprint density at radius 3 is 2.45 bits per heavy atom. The van der Waals surface area contributed by atoms with Gasteiger partial charge in [0.2, 0.25) is 0 Å². The molecule has 1 unspecified atom stereocenters. The first-order chi connectivity index (χ1) is 5.16. The summed E-state index contributed by atoms with van der Waals surface area (Å²) in [6.07, 6.45) is 4.85. The van der Waals surface area contributed by atoms with Crippen LogP contribution in [0.1, 0.15) is 13.8 Å². The van der Waals surface area contributed by atoms with Gasteiger partial charge in [-0.3, -0.25) is 0 Å². The van der Waals surface area contributed by atoms with Gasteiger partial charge in [-0.1, -0.05) is 13.7 Å². The third-order valence-corrected chi connectivity index (χ3v) is 2.59. The van der Waals surface area contributed by atoms with Crippen molar-refractivity contribution >= 4 is 7.28 Å². The van der Waals surface area contributed by atoms with Crippen LogP contribution in [0, 0.1) is 0 Å². The quantitative estimate of drug-likeness (QED) is 0.542. The van der Waals surface area contributed by atoms with E-state index in [2.05, 4.69) is 49.9 Å². The Labute approximate surface area is 70.1 Å². The van der Waals surface area contributed by atoms with Gasteiger partial charge in [-0.05, 0) is 12.9 Å². The van der Waals surface area contributed by atoms with Gasteiger partial charge in [-0.2, -0.15) is 0 Å². The van der Waals surface area contributed by atoms with Crippen LogP contribution in [0.25, 0.3) is 0 Å². The lowest BCUT2D eigenvalue weighted by Gasteiger charge is -2.31. The lowest BCUT2D eigenvalue weighted by atomic mass is 9.72. The molecule has 0 radical (unpaired) electrons. The van der Waals surface area contributed by atoms with Crippen molar-refractivity contribution in [2.75, 3.05) is 7.05 Å². The maximum atomic E-state index is 2.39. The molecule has 0 aromatic heterocycles. The molecule has 62 valence electrons. The molecule has 1 aliphatic rings. The third-order valence-electron chi connectivity index (χ3n) is 2.59. The predicted octanol–water partition coefficient (Wildman–Crippen LogP) is 0.882. The van der Waals surface area contributed by atoms with Crippen LogP contribution in [0.2, 0.25) is 6.82 Å². The molecular weight excluding hydrogens is 135 g/mol. The second-order valence-corrected chi connectivity index (χ2v) is 3.30. The zero-order chi connectivity index (χ0) is 8.43. The minimum atomic E-state index is 0.532. The van der Waals surface area contributed by atoms with Gasteiger partial charge in [0.1, 0.15) is 7.28 Å². The monoisotopic (exact) mass is 152 g/mol. The average Bonchev–Trinajstić information content (AvgIpc) is 2.32. The molecular formula is C8H17BN2. The molecule has 1 heterocycles. The minimum Gasteiger partial charge on any atom is -0.361 e. The topological polar surface area (TPSA) is 6.48 Å². The number of hydrogen-bond donors (Lipinski definition) is 0. The molecule has 0 aromatic rings. The van der Waals surface area contributed by atoms with E-state index in [0.717, 1.165) is 0 Å². The zero-order valence-electron chi connectivity index (χ0n) is 7.91. The number of nitrogens with zero attached hydrogens (tertiary/aromatic N) is 2. The summed E-state index contributed by atoms with van der Waals surface area (Å²) >= 11 is 0. The van der Waals surface area contributed by atoms with E-state index in [0.29, 0.717) is 12.1 Å². The molecule has 3 heteroatoms. The van der Waals surface area contributed by atoms with Crippen LogP contribution >= 0.6 is 0 Å². The highest BCUT2D eigenvalue weighted by atomic mass is 15.4. The van der Waals surface area contributed by atoms with Gasteiger partial charge in [-0.15, -0.1) is 0 Å². The standard InChI is InChI=1S/C8H17BN2/c1-7(9-3)11-6-5-10(4)8(11)2/h5-9H,1-4H3/t7?,8-/m0/s1. The molecule has 0 fully saturated rings. The summed E-state index contributed by atoms with van der Waals surface area (Å²) in [5, 5.41) is 0. The Hall–Kier alpha value is -0.595. The largest absolute Gasteiger partial charge is 0.361 e. The van der Waals surface area contributed by atoms with E-state index in [9.17, 15) is 0 Å². The van der Waals surface area contributed by atoms with Gasteiger partial charge in [0.05, 0.1) is 6.17 Å². The fraction of sp³-hybridized carbons (Fsp3) is 0.750. The first kappa shape index (κ1) is 8.50. The van der Waals surface area contributed by atoms with E-state index < -0.39 is 0 Å². The highest BCUT2D eigenvalue weighted by molar-refractivity contribution is 6.35. The van der Waals surface area contributed by atoms with E-state index in [4.69, 9.17) is 0 Å². The first-order valence-electron chi connectivity index (χ1n) is 4.34. The second-order valence-electron chi connectivity index (χ2n) is 3.30. The van der Waals surface area contributed by atoms with E-state index in [1.165, 1.54) is 7.28 Å². The van der Waals surface area contributed by atoms with Crippen molar-refractivity contribution in [2.45, 2.75) is 32.8 Å². The summed E-state index contributed by atoms with van der Waals surface area (Å²) < 4.78 is 0. The molecule has 0 bridgehead atoms. The van der Waals surface area contributed by atoms with Crippen LogP contribution in [0.4, 0.5) is 0 Å². The summed E-state index contributed by atoms with van der Waals surface area (Å²) in [6.45, 7) is 6.72. The normalized spacial score (nSPS) is 26.0. The summed E-state index contributed by atoms with van der Waals surface area (Å²) in [4.78, 5) is 4.62. The lowest BCUT2D eigenvalue weighted by Crippen LogP contribution is -2.41. The van der Waals surface area contributed by atoms with Gasteiger partial charge in [0.15, 0.2) is 0 Å². The molecule has 0 amide bonds. The van der Waals surface area contributed by atoms with Crippen molar-refractivity contribution in [3.8, 4) is 0 Å². The molecule has 2 nitrogen and oxygen atoms in total. The van der Waals surface area contributed by atoms with Crippen LogP contribution in [0.3, 0.4) is 0 Å². The van der Waals surface area contributed by atoms with E-state index in [1.807, 2.05) is 0 Å². The molecule has 0 aliphatic carbocycles. The fourth-order valence-corrected chi connectivity index (χ4v) is 1.37. The van der Waals surface area contributed by atoms with Crippen LogP contribution in [0.15, 0.2) is 12.4 Å². The van der Waals surface area contributed by atoms with Crippen molar-refractivity contribution < 1.29 is 0 Å². The number of rotatable bonds is 2. The molecule has 0 saturated heterocycles.